The van der Waals surface area contributed by atoms with Gasteiger partial charge in [-0.2, -0.15) is 0 Å². The lowest BCUT2D eigenvalue weighted by Gasteiger charge is -2.33. The number of nitrogens with one attached hydrogen (secondary N) is 1. The van der Waals surface area contributed by atoms with Gasteiger partial charge in [-0.1, -0.05) is 0 Å². The Morgan fingerprint density at radius 2 is 2.42 bits per heavy atom. The van der Waals surface area contributed by atoms with E-state index in [9.17, 15) is 9.59 Å². The molecule has 1 aromatic heterocycles. The zero-order valence-electron chi connectivity index (χ0n) is 10.7. The third-order valence-corrected chi connectivity index (χ3v) is 3.01. The van der Waals surface area contributed by atoms with Crippen molar-refractivity contribution in [2.45, 2.75) is 25.9 Å². The van der Waals surface area contributed by atoms with Crippen LogP contribution >= 0.6 is 0 Å². The molecule has 2 rings (SSSR count). The molecule has 0 radical (unpaired) electrons. The van der Waals surface area contributed by atoms with E-state index in [2.05, 4.69) is 15.3 Å². The first kappa shape index (κ1) is 13.4. The van der Waals surface area contributed by atoms with E-state index >= 15 is 0 Å². The van der Waals surface area contributed by atoms with Gasteiger partial charge in [-0.15, -0.1) is 0 Å². The maximum atomic E-state index is 11.7. The Kier molecular flexibility index (Phi) is 4.06. The fraction of sp³-hybridized carbons (Fsp3) is 0.500. The molecular formula is C12H16N4O3. The molecule has 1 atom stereocenters. The first-order chi connectivity index (χ1) is 9.06. The summed E-state index contributed by atoms with van der Waals surface area (Å²) in [6, 6.07) is 1.14. The van der Waals surface area contributed by atoms with Crippen LogP contribution in [0.15, 0.2) is 12.3 Å². The highest BCUT2D eigenvalue weighted by molar-refractivity contribution is 5.86. The number of aromatic nitrogens is 2. The van der Waals surface area contributed by atoms with E-state index in [1.807, 2.05) is 4.90 Å². The Balaban J connectivity index is 2.11. The first-order valence-corrected chi connectivity index (χ1v) is 6.08. The van der Waals surface area contributed by atoms with Crippen LogP contribution in [-0.2, 0) is 16.1 Å². The van der Waals surface area contributed by atoms with E-state index in [1.54, 1.807) is 19.2 Å². The predicted molar refractivity (Wildman–Crippen MR) is 66.2 cm³/mol. The number of piperazine rings is 1. The van der Waals surface area contributed by atoms with E-state index in [4.69, 9.17) is 5.11 Å². The molecule has 7 nitrogen and oxygen atoms in total. The first-order valence-electron chi connectivity index (χ1n) is 6.08. The number of carboxylic acids is 1. The summed E-state index contributed by atoms with van der Waals surface area (Å²) >= 11 is 0. The molecule has 102 valence electrons. The van der Waals surface area contributed by atoms with Gasteiger partial charge in [0.2, 0.25) is 5.91 Å². The summed E-state index contributed by atoms with van der Waals surface area (Å²) in [5.74, 6) is -0.556. The van der Waals surface area contributed by atoms with Crippen molar-refractivity contribution in [1.29, 1.82) is 0 Å². The maximum absolute atomic E-state index is 11.7. The second kappa shape index (κ2) is 5.75. The molecule has 1 aliphatic rings. The number of carbonyl (C=O) groups is 2. The van der Waals surface area contributed by atoms with Gasteiger partial charge in [0.25, 0.3) is 0 Å². The Morgan fingerprint density at radius 1 is 1.63 bits per heavy atom. The van der Waals surface area contributed by atoms with Crippen LogP contribution in [0.1, 0.15) is 17.9 Å². The molecule has 0 saturated carbocycles. The zero-order chi connectivity index (χ0) is 13.8. The van der Waals surface area contributed by atoms with E-state index in [-0.39, 0.29) is 12.3 Å². The molecule has 2 heterocycles. The topological polar surface area (TPSA) is 95.4 Å². The van der Waals surface area contributed by atoms with Gasteiger partial charge in [0.15, 0.2) is 0 Å². The molecule has 1 fully saturated rings. The number of carbonyl (C=O) groups excluding carboxylic acids is 1. The highest BCUT2D eigenvalue weighted by Gasteiger charge is 2.31. The number of carboxylic acid groups (broad SMARTS) is 1. The average molecular weight is 264 g/mol. The van der Waals surface area contributed by atoms with Crippen LogP contribution in [0.25, 0.3) is 0 Å². The van der Waals surface area contributed by atoms with Crippen molar-refractivity contribution in [2.24, 2.45) is 0 Å². The van der Waals surface area contributed by atoms with E-state index in [0.717, 1.165) is 5.69 Å². The number of rotatable bonds is 4. The van der Waals surface area contributed by atoms with Crippen molar-refractivity contribution in [3.05, 3.63) is 23.8 Å². The second-order valence-corrected chi connectivity index (χ2v) is 4.47. The van der Waals surface area contributed by atoms with Crippen LogP contribution in [0, 0.1) is 6.92 Å². The van der Waals surface area contributed by atoms with Gasteiger partial charge in [0, 0.05) is 25.8 Å². The molecule has 2 N–H and O–H groups in total. The fourth-order valence-corrected chi connectivity index (χ4v) is 2.14. The molecular weight excluding hydrogens is 248 g/mol. The van der Waals surface area contributed by atoms with Crippen LogP contribution in [0.5, 0.6) is 0 Å². The molecule has 1 amide bonds. The van der Waals surface area contributed by atoms with E-state index in [0.29, 0.717) is 25.5 Å². The molecule has 1 aliphatic heterocycles. The van der Waals surface area contributed by atoms with Gasteiger partial charge in [0.1, 0.15) is 11.9 Å². The third-order valence-electron chi connectivity index (χ3n) is 3.01. The van der Waals surface area contributed by atoms with Crippen molar-refractivity contribution < 1.29 is 14.7 Å². The van der Waals surface area contributed by atoms with Crippen molar-refractivity contribution in [3.8, 4) is 0 Å². The lowest BCUT2D eigenvalue weighted by atomic mass is 10.1. The van der Waals surface area contributed by atoms with Gasteiger partial charge >= 0.3 is 5.97 Å². The number of hydrogen-bond acceptors (Lipinski definition) is 5. The summed E-state index contributed by atoms with van der Waals surface area (Å²) in [4.78, 5) is 32.7. The SMILES string of the molecule is Cc1nccc(CN2CCNC(=O)C2CC(=O)O)n1. The summed E-state index contributed by atoms with van der Waals surface area (Å²) in [6.45, 7) is 3.39. The Labute approximate surface area is 110 Å². The molecule has 0 bridgehead atoms. The standard InChI is InChI=1S/C12H16N4O3/c1-8-13-3-2-9(15-8)7-16-5-4-14-12(19)10(16)6-11(17)18/h2-3,10H,4-7H2,1H3,(H,14,19)(H,17,18). The van der Waals surface area contributed by atoms with Crippen LogP contribution in [0.2, 0.25) is 0 Å². The highest BCUT2D eigenvalue weighted by Crippen LogP contribution is 2.12. The van der Waals surface area contributed by atoms with Crippen molar-refractivity contribution >= 4 is 11.9 Å². The fourth-order valence-electron chi connectivity index (χ4n) is 2.14. The highest BCUT2D eigenvalue weighted by atomic mass is 16.4. The van der Waals surface area contributed by atoms with Gasteiger partial charge in [0.05, 0.1) is 12.1 Å². The monoisotopic (exact) mass is 264 g/mol. The summed E-state index contributed by atoms with van der Waals surface area (Å²) in [5, 5.41) is 11.6. The largest absolute Gasteiger partial charge is 0.481 e. The van der Waals surface area contributed by atoms with Gasteiger partial charge < -0.3 is 10.4 Å². The molecule has 7 heteroatoms. The Morgan fingerprint density at radius 3 is 3.11 bits per heavy atom. The number of aliphatic carboxylic acids is 1. The quantitative estimate of drug-likeness (QED) is 0.765. The lowest BCUT2D eigenvalue weighted by molar-refractivity contribution is -0.143. The Bertz CT molecular complexity index is 492. The minimum absolute atomic E-state index is 0.199. The van der Waals surface area contributed by atoms with Gasteiger partial charge in [-0.25, -0.2) is 9.97 Å². The smallest absolute Gasteiger partial charge is 0.305 e. The maximum Gasteiger partial charge on any atom is 0.305 e. The zero-order valence-corrected chi connectivity index (χ0v) is 10.7. The van der Waals surface area contributed by atoms with Crippen molar-refractivity contribution in [2.75, 3.05) is 13.1 Å². The van der Waals surface area contributed by atoms with Crippen LogP contribution in [-0.4, -0.2) is 51.0 Å². The van der Waals surface area contributed by atoms with Gasteiger partial charge in [-0.05, 0) is 13.0 Å². The molecule has 1 unspecified atom stereocenters. The predicted octanol–water partition coefficient (Wildman–Crippen LogP) is -0.440. The minimum Gasteiger partial charge on any atom is -0.481 e. The van der Waals surface area contributed by atoms with Crippen molar-refractivity contribution in [1.82, 2.24) is 20.2 Å². The molecule has 1 aromatic rings. The molecule has 0 aromatic carbocycles. The summed E-state index contributed by atoms with van der Waals surface area (Å²) < 4.78 is 0. The minimum atomic E-state index is -0.981. The van der Waals surface area contributed by atoms with Gasteiger partial charge in [-0.3, -0.25) is 14.5 Å². The van der Waals surface area contributed by atoms with Crippen LogP contribution in [0.3, 0.4) is 0 Å². The summed E-state index contributed by atoms with van der Waals surface area (Å²) in [5.41, 5.74) is 0.789. The second-order valence-electron chi connectivity index (χ2n) is 4.47. The van der Waals surface area contributed by atoms with E-state index < -0.39 is 12.0 Å². The average Bonchev–Trinajstić information content (AvgIpc) is 2.33. The van der Waals surface area contributed by atoms with Crippen molar-refractivity contribution in [3.63, 3.8) is 0 Å². The summed E-state index contributed by atoms with van der Waals surface area (Å²) in [7, 11) is 0. The lowest BCUT2D eigenvalue weighted by Crippen LogP contribution is -2.55. The Hall–Kier alpha value is -2.02. The van der Waals surface area contributed by atoms with Crippen LogP contribution < -0.4 is 5.32 Å². The van der Waals surface area contributed by atoms with E-state index in [1.165, 1.54) is 0 Å². The third kappa shape index (κ3) is 3.47. The normalized spacial score (nSPS) is 20.1. The number of nitrogens with zero attached hydrogens (tertiary/aromatic N) is 3. The molecule has 19 heavy (non-hydrogen) atoms. The number of amides is 1. The number of aryl methyl sites for hydroxylation is 1. The molecule has 0 aliphatic carbocycles. The van der Waals surface area contributed by atoms with Crippen LogP contribution in [0.4, 0.5) is 0 Å². The summed E-state index contributed by atoms with van der Waals surface area (Å²) in [6.07, 6.45) is 1.46. The number of hydrogen-bond donors (Lipinski definition) is 2. The molecule has 0 spiro atoms. The molecule has 1 saturated heterocycles.